The first-order chi connectivity index (χ1) is 24.8. The third-order valence-corrected chi connectivity index (χ3v) is 16.4. The first-order valence-corrected chi connectivity index (χ1v) is 22.0. The molecule has 0 bridgehead atoms. The van der Waals surface area contributed by atoms with Crippen LogP contribution in [0.5, 0.6) is 5.75 Å². The van der Waals surface area contributed by atoms with Crippen molar-refractivity contribution in [1.82, 2.24) is 4.90 Å². The first kappa shape index (κ1) is 38.0. The van der Waals surface area contributed by atoms with Crippen molar-refractivity contribution in [2.75, 3.05) is 25.2 Å². The number of allylic oxidation sites excluding steroid dienone is 3. The molecule has 3 heterocycles. The average Bonchev–Trinajstić information content (AvgIpc) is 3.55. The highest BCUT2D eigenvalue weighted by Gasteiger charge is 2.66. The first-order valence-electron chi connectivity index (χ1n) is 18.5. The van der Waals surface area contributed by atoms with Crippen molar-refractivity contribution in [3.63, 3.8) is 0 Å². The highest BCUT2D eigenvalue weighted by atomic mass is 35.5. The van der Waals surface area contributed by atoms with E-state index in [-0.39, 0.29) is 42.3 Å². The molecular formula is C43H53ClN2O5Si. The maximum atomic E-state index is 15.1. The predicted octanol–water partition coefficient (Wildman–Crippen LogP) is 7.94. The number of benzene rings is 3. The molecule has 3 aromatic carbocycles. The van der Waals surface area contributed by atoms with Gasteiger partial charge in [0.05, 0.1) is 46.0 Å². The monoisotopic (exact) mass is 740 g/mol. The highest BCUT2D eigenvalue weighted by molar-refractivity contribution is 6.91. The molecule has 3 aliphatic heterocycles. The summed E-state index contributed by atoms with van der Waals surface area (Å²) in [6.07, 6.45) is 6.42. The number of fused-ring (bicyclic) bond motifs is 3. The molecule has 1 fully saturated rings. The Kier molecular flexibility index (Phi) is 11.2. The van der Waals surface area contributed by atoms with E-state index in [9.17, 15) is 9.90 Å². The minimum Gasteiger partial charge on any atom is -0.497 e. The zero-order valence-electron chi connectivity index (χ0n) is 31.6. The lowest BCUT2D eigenvalue weighted by atomic mass is 9.82. The molecule has 3 aromatic rings. The van der Waals surface area contributed by atoms with E-state index in [1.807, 2.05) is 52.3 Å². The van der Waals surface area contributed by atoms with Crippen molar-refractivity contribution in [2.45, 2.75) is 96.3 Å². The van der Waals surface area contributed by atoms with Gasteiger partial charge in [-0.25, -0.2) is 0 Å². The van der Waals surface area contributed by atoms with Gasteiger partial charge in [-0.2, -0.15) is 0 Å². The number of anilines is 1. The smallest absolute Gasteiger partial charge is 0.264 e. The molecule has 5 atom stereocenters. The normalized spacial score (nSPS) is 24.2. The molecule has 52 heavy (non-hydrogen) atoms. The molecule has 0 radical (unpaired) electrons. The van der Waals surface area contributed by atoms with E-state index in [0.717, 1.165) is 41.0 Å². The van der Waals surface area contributed by atoms with Gasteiger partial charge in [0.1, 0.15) is 5.75 Å². The zero-order valence-corrected chi connectivity index (χ0v) is 33.4. The molecule has 0 unspecified atom stereocenters. The van der Waals surface area contributed by atoms with Gasteiger partial charge in [-0.05, 0) is 87.0 Å². The average molecular weight is 741 g/mol. The van der Waals surface area contributed by atoms with Crippen LogP contribution in [0.3, 0.4) is 0 Å². The van der Waals surface area contributed by atoms with Gasteiger partial charge in [0.25, 0.3) is 5.91 Å². The predicted molar refractivity (Wildman–Crippen MR) is 212 cm³/mol. The van der Waals surface area contributed by atoms with Gasteiger partial charge in [0.2, 0.25) is 5.91 Å². The highest BCUT2D eigenvalue weighted by Crippen LogP contribution is 2.60. The molecule has 276 valence electrons. The summed E-state index contributed by atoms with van der Waals surface area (Å²) in [6, 6.07) is 21.7. The van der Waals surface area contributed by atoms with Crippen LogP contribution < -0.4 is 14.8 Å². The summed E-state index contributed by atoms with van der Waals surface area (Å²) in [7, 11) is -0.809. The number of halogens is 1. The molecule has 1 N–H and O–H groups in total. The lowest BCUT2D eigenvalue weighted by molar-refractivity contribution is -0.150. The van der Waals surface area contributed by atoms with Gasteiger partial charge in [-0.3, -0.25) is 9.59 Å². The van der Waals surface area contributed by atoms with Crippen molar-refractivity contribution in [1.29, 1.82) is 0 Å². The summed E-state index contributed by atoms with van der Waals surface area (Å²) in [4.78, 5) is 33.2. The maximum Gasteiger partial charge on any atom is 0.264 e. The molecule has 0 aromatic heterocycles. The molecule has 1 saturated heterocycles. The van der Waals surface area contributed by atoms with E-state index in [0.29, 0.717) is 24.5 Å². The fraction of sp³-hybridized carbons (Fsp3) is 0.442. The second-order valence-corrected chi connectivity index (χ2v) is 20.8. The number of methoxy groups -OCH3 is 1. The van der Waals surface area contributed by atoms with Gasteiger partial charge in [-0.1, -0.05) is 96.5 Å². The lowest BCUT2D eigenvalue weighted by Gasteiger charge is -2.39. The number of ether oxygens (including phenoxy) is 2. The van der Waals surface area contributed by atoms with Gasteiger partial charge in [-0.15, -0.1) is 0 Å². The third-order valence-electron chi connectivity index (χ3n) is 11.8. The second-order valence-electron chi connectivity index (χ2n) is 15.6. The minimum atomic E-state index is -2.47. The van der Waals surface area contributed by atoms with Crippen molar-refractivity contribution in [2.24, 2.45) is 5.92 Å². The van der Waals surface area contributed by atoms with Crippen molar-refractivity contribution in [3.8, 4) is 5.75 Å². The van der Waals surface area contributed by atoms with E-state index < -0.39 is 19.8 Å². The van der Waals surface area contributed by atoms with Crippen molar-refractivity contribution >= 4 is 42.4 Å². The molecule has 2 amide bonds. The Labute approximate surface area is 315 Å². The molecule has 7 nitrogen and oxygen atoms in total. The summed E-state index contributed by atoms with van der Waals surface area (Å²) < 4.78 is 12.7. The van der Waals surface area contributed by atoms with E-state index in [2.05, 4.69) is 77.2 Å². The van der Waals surface area contributed by atoms with Crippen LogP contribution in [-0.2, 0) is 32.9 Å². The number of hydrogen-bond acceptors (Lipinski definition) is 5. The SMILES string of the molecule is COc1ccc([Si](C)(C)[C@H]2[C@H](CC(=O)N3Cc4ccccc4C[C@H]3CO)O[C@@]3(C(=O)N(C/C=C(\C)CCC=C(C)C)c4ccc(Cl)cc43)[C@@H]2C)cc1. The van der Waals surface area contributed by atoms with Crippen LogP contribution in [-0.4, -0.2) is 62.3 Å². The van der Waals surface area contributed by atoms with Gasteiger partial charge in [0.15, 0.2) is 5.60 Å². The molecule has 3 aliphatic rings. The molecule has 0 saturated carbocycles. The summed E-state index contributed by atoms with van der Waals surface area (Å²) in [6.45, 7) is 13.8. The standard InChI is InChI=1S/C43H53ClN2O5Si/c1-28(2)11-10-12-29(3)21-22-45-38-20-15-33(44)24-37(38)43(42(45)49)30(4)41(52(6,7)36-18-16-35(50-5)17-19-36)39(51-43)25-40(48)46-26-32-14-9-8-13-31(32)23-34(46)27-47/h8-9,11,13-21,24,30,34,39,41,47H,10,12,22-23,25-27H2,1-7H3/b29-21+/t30-,34+,39+,41-,43+/m1/s1. The van der Waals surface area contributed by atoms with E-state index in [1.165, 1.54) is 16.3 Å². The summed E-state index contributed by atoms with van der Waals surface area (Å²) in [5.41, 5.74) is 4.93. The molecule has 9 heteroatoms. The number of amides is 2. The topological polar surface area (TPSA) is 79.3 Å². The molecule has 6 rings (SSSR count). The van der Waals surface area contributed by atoms with Gasteiger partial charge >= 0.3 is 0 Å². The molecule has 1 spiro atoms. The van der Waals surface area contributed by atoms with Crippen molar-refractivity contribution < 1.29 is 24.2 Å². The van der Waals surface area contributed by atoms with Gasteiger partial charge < -0.3 is 24.4 Å². The van der Waals surface area contributed by atoms with Crippen LogP contribution in [0, 0.1) is 5.92 Å². The van der Waals surface area contributed by atoms with E-state index >= 15 is 4.79 Å². The zero-order chi connectivity index (χ0) is 37.4. The Hall–Kier alpha value is -3.69. The Morgan fingerprint density at radius 1 is 1.06 bits per heavy atom. The van der Waals surface area contributed by atoms with Crippen LogP contribution in [0.1, 0.15) is 63.6 Å². The third kappa shape index (κ3) is 7.03. The number of hydrogen-bond donors (Lipinski definition) is 1. The van der Waals surface area contributed by atoms with Crippen LogP contribution in [0.15, 0.2) is 90.0 Å². The number of nitrogens with zero attached hydrogens (tertiary/aromatic N) is 2. The minimum absolute atomic E-state index is 0.0733. The van der Waals surface area contributed by atoms with E-state index in [4.69, 9.17) is 21.1 Å². The summed E-state index contributed by atoms with van der Waals surface area (Å²) in [5, 5.41) is 12.2. The fourth-order valence-corrected chi connectivity index (χ4v) is 13.1. The Morgan fingerprint density at radius 3 is 2.44 bits per heavy atom. The van der Waals surface area contributed by atoms with Crippen LogP contribution in [0.2, 0.25) is 23.7 Å². The quantitative estimate of drug-likeness (QED) is 0.160. The number of aliphatic hydroxyl groups is 1. The summed E-state index contributed by atoms with van der Waals surface area (Å²) in [5.74, 6) is 0.339. The second kappa shape index (κ2) is 15.3. The molecular weight excluding hydrogens is 688 g/mol. The lowest BCUT2D eigenvalue weighted by Crippen LogP contribution is -2.52. The van der Waals surface area contributed by atoms with Gasteiger partial charge in [0, 0.05) is 29.6 Å². The van der Waals surface area contributed by atoms with Crippen LogP contribution in [0.25, 0.3) is 0 Å². The van der Waals surface area contributed by atoms with E-state index in [1.54, 1.807) is 7.11 Å². The Bertz CT molecular complexity index is 1870. The largest absolute Gasteiger partial charge is 0.497 e. The van der Waals surface area contributed by atoms with Crippen LogP contribution >= 0.6 is 11.6 Å². The number of carbonyl (C=O) groups excluding carboxylic acids is 2. The Balaban J connectivity index is 1.39. The number of carbonyl (C=O) groups is 2. The van der Waals surface area contributed by atoms with Crippen LogP contribution in [0.4, 0.5) is 5.69 Å². The number of aliphatic hydroxyl groups excluding tert-OH is 1. The van der Waals surface area contributed by atoms with Crippen molar-refractivity contribution in [3.05, 3.63) is 112 Å². The molecule has 0 aliphatic carbocycles. The summed E-state index contributed by atoms with van der Waals surface area (Å²) >= 11 is 6.69. The fourth-order valence-electron chi connectivity index (χ4n) is 8.94. The number of rotatable bonds is 11. The maximum absolute atomic E-state index is 15.1. The Morgan fingerprint density at radius 2 is 1.77 bits per heavy atom.